The molecule has 0 aromatic carbocycles. The van der Waals surface area contributed by atoms with E-state index in [4.69, 9.17) is 4.98 Å². The van der Waals surface area contributed by atoms with Crippen LogP contribution in [-0.2, 0) is 12.5 Å². The van der Waals surface area contributed by atoms with Crippen molar-refractivity contribution in [1.29, 1.82) is 0 Å². The number of aryl methyl sites for hydroxylation is 1. The van der Waals surface area contributed by atoms with Gasteiger partial charge in [-0.2, -0.15) is 5.10 Å². The Hall–Kier alpha value is -1.21. The average Bonchev–Trinajstić information content (AvgIpc) is 3.13. The predicted octanol–water partition coefficient (Wildman–Crippen LogP) is 4.36. The Morgan fingerprint density at radius 2 is 1.92 bits per heavy atom. The molecule has 25 heavy (non-hydrogen) atoms. The molecule has 2 heterocycles. The Labute approximate surface area is 159 Å². The molecular weight excluding hydrogens is 400 g/mol. The molecule has 1 amide bonds. The molecule has 132 valence electrons. The molecule has 4 bridgehead atoms. The van der Waals surface area contributed by atoms with Crippen molar-refractivity contribution in [3.05, 3.63) is 27.4 Å². The second-order valence-electron chi connectivity index (χ2n) is 8.15. The maximum atomic E-state index is 12.5. The number of hydrogen-bond donors (Lipinski definition) is 1. The maximum Gasteiger partial charge on any atom is 0.276 e. The van der Waals surface area contributed by atoms with Crippen molar-refractivity contribution in [2.24, 2.45) is 24.8 Å². The molecule has 0 spiro atoms. The van der Waals surface area contributed by atoms with E-state index in [2.05, 4.69) is 31.7 Å². The Balaban J connectivity index is 1.38. The molecule has 5 nitrogen and oxygen atoms in total. The van der Waals surface area contributed by atoms with E-state index in [1.807, 2.05) is 0 Å². The Bertz CT molecular complexity index is 787. The summed E-state index contributed by atoms with van der Waals surface area (Å²) < 4.78 is 2.28. The van der Waals surface area contributed by atoms with Crippen molar-refractivity contribution in [2.75, 3.05) is 5.32 Å². The van der Waals surface area contributed by atoms with E-state index in [9.17, 15) is 4.79 Å². The van der Waals surface area contributed by atoms with Crippen LogP contribution in [0.25, 0.3) is 0 Å². The van der Waals surface area contributed by atoms with Gasteiger partial charge in [-0.3, -0.25) is 14.8 Å². The lowest BCUT2D eigenvalue weighted by Gasteiger charge is -2.56. The minimum absolute atomic E-state index is 0.168. The van der Waals surface area contributed by atoms with Crippen LogP contribution in [-0.4, -0.2) is 20.7 Å². The van der Waals surface area contributed by atoms with Crippen LogP contribution in [0, 0.1) is 17.8 Å². The summed E-state index contributed by atoms with van der Waals surface area (Å²) in [6.45, 7) is 0. The van der Waals surface area contributed by atoms with Gasteiger partial charge in [-0.25, -0.2) is 4.98 Å². The summed E-state index contributed by atoms with van der Waals surface area (Å²) in [5.41, 5.74) is 2.02. The zero-order valence-electron chi connectivity index (χ0n) is 14.2. The van der Waals surface area contributed by atoms with Crippen LogP contribution >= 0.6 is 27.3 Å². The van der Waals surface area contributed by atoms with Gasteiger partial charge in [0.15, 0.2) is 5.13 Å². The van der Waals surface area contributed by atoms with Crippen molar-refractivity contribution >= 4 is 38.3 Å². The first-order chi connectivity index (χ1) is 12.0. The highest BCUT2D eigenvalue weighted by atomic mass is 79.9. The second kappa shape index (κ2) is 5.64. The number of anilines is 1. The second-order valence-corrected chi connectivity index (χ2v) is 9.87. The Kier molecular flexibility index (Phi) is 3.61. The molecule has 6 rings (SSSR count). The molecule has 4 aliphatic carbocycles. The van der Waals surface area contributed by atoms with Crippen LogP contribution < -0.4 is 5.32 Å². The first kappa shape index (κ1) is 16.0. The van der Waals surface area contributed by atoms with E-state index >= 15 is 0 Å². The van der Waals surface area contributed by atoms with Gasteiger partial charge in [-0.05, 0) is 72.2 Å². The topological polar surface area (TPSA) is 59.8 Å². The monoisotopic (exact) mass is 420 g/mol. The van der Waals surface area contributed by atoms with E-state index < -0.39 is 0 Å². The number of hydrogen-bond acceptors (Lipinski definition) is 4. The quantitative estimate of drug-likeness (QED) is 0.801. The SMILES string of the molecule is Cn1ncc(Br)c1C(=O)Nc1nc(C23CC4CC(CC(C4)C2)C3)cs1. The van der Waals surface area contributed by atoms with Crippen LogP contribution in [0.5, 0.6) is 0 Å². The highest BCUT2D eigenvalue weighted by Crippen LogP contribution is 2.60. The van der Waals surface area contributed by atoms with E-state index in [1.54, 1.807) is 29.3 Å². The first-order valence-corrected chi connectivity index (χ1v) is 10.6. The molecular formula is C18H21BrN4OS. The smallest absolute Gasteiger partial charge is 0.276 e. The predicted molar refractivity (Wildman–Crippen MR) is 101 cm³/mol. The third kappa shape index (κ3) is 2.58. The summed E-state index contributed by atoms with van der Waals surface area (Å²) in [6, 6.07) is 0. The standard InChI is InChI=1S/C18H21BrN4OS/c1-23-15(13(19)8-20-23)16(24)22-17-21-14(9-25-17)18-5-10-2-11(6-18)4-12(3-10)7-18/h8-12H,2-7H2,1H3,(H,21,22,24). The van der Waals surface area contributed by atoms with E-state index in [-0.39, 0.29) is 11.3 Å². The van der Waals surface area contributed by atoms with Crippen molar-refractivity contribution in [3.8, 4) is 0 Å². The largest absolute Gasteiger partial charge is 0.296 e. The fourth-order valence-electron chi connectivity index (χ4n) is 5.82. The Morgan fingerprint density at radius 3 is 2.48 bits per heavy atom. The molecule has 0 atom stereocenters. The van der Waals surface area contributed by atoms with E-state index in [0.717, 1.165) is 17.8 Å². The molecule has 4 fully saturated rings. The van der Waals surface area contributed by atoms with Crippen molar-refractivity contribution in [1.82, 2.24) is 14.8 Å². The number of nitrogens with one attached hydrogen (secondary N) is 1. The third-order valence-electron chi connectivity index (χ3n) is 6.42. The summed E-state index contributed by atoms with van der Waals surface area (Å²) in [6.07, 6.45) is 9.82. The summed E-state index contributed by atoms with van der Waals surface area (Å²) in [4.78, 5) is 17.4. The van der Waals surface area contributed by atoms with Crippen LogP contribution in [0.15, 0.2) is 16.0 Å². The average molecular weight is 421 g/mol. The fraction of sp³-hybridized carbons (Fsp3) is 0.611. The number of aromatic nitrogens is 3. The summed E-state index contributed by atoms with van der Waals surface area (Å²) in [7, 11) is 1.77. The van der Waals surface area contributed by atoms with Gasteiger partial charge in [-0.15, -0.1) is 11.3 Å². The van der Waals surface area contributed by atoms with Crippen LogP contribution in [0.3, 0.4) is 0 Å². The minimum atomic E-state index is -0.168. The summed E-state index contributed by atoms with van der Waals surface area (Å²) in [5, 5.41) is 9.94. The zero-order valence-corrected chi connectivity index (χ0v) is 16.6. The number of carbonyl (C=O) groups is 1. The minimum Gasteiger partial charge on any atom is -0.296 e. The van der Waals surface area contributed by atoms with Crippen LogP contribution in [0.1, 0.15) is 54.7 Å². The highest BCUT2D eigenvalue weighted by Gasteiger charge is 2.52. The lowest BCUT2D eigenvalue weighted by atomic mass is 9.49. The number of amides is 1. The van der Waals surface area contributed by atoms with Crippen LogP contribution in [0.2, 0.25) is 0 Å². The maximum absolute atomic E-state index is 12.5. The lowest BCUT2D eigenvalue weighted by Crippen LogP contribution is -2.48. The molecule has 2 aromatic heterocycles. The number of carbonyl (C=O) groups excluding carboxylic acids is 1. The van der Waals surface area contributed by atoms with Gasteiger partial charge < -0.3 is 0 Å². The van der Waals surface area contributed by atoms with Gasteiger partial charge in [0.05, 0.1) is 16.4 Å². The third-order valence-corrected chi connectivity index (χ3v) is 7.75. The van der Waals surface area contributed by atoms with E-state index in [0.29, 0.717) is 15.3 Å². The molecule has 0 unspecified atom stereocenters. The van der Waals surface area contributed by atoms with E-state index in [1.165, 1.54) is 44.2 Å². The van der Waals surface area contributed by atoms with Gasteiger partial charge in [0.2, 0.25) is 0 Å². The molecule has 1 N–H and O–H groups in total. The van der Waals surface area contributed by atoms with Crippen molar-refractivity contribution in [3.63, 3.8) is 0 Å². The number of nitrogens with zero attached hydrogens (tertiary/aromatic N) is 3. The number of rotatable bonds is 3. The van der Waals surface area contributed by atoms with Crippen molar-refractivity contribution < 1.29 is 4.79 Å². The number of thiazole rings is 1. The van der Waals surface area contributed by atoms with Crippen LogP contribution in [0.4, 0.5) is 5.13 Å². The summed E-state index contributed by atoms with van der Waals surface area (Å²) in [5.74, 6) is 2.53. The van der Waals surface area contributed by atoms with Gasteiger partial charge in [0.1, 0.15) is 5.69 Å². The molecule has 4 aliphatic rings. The normalized spacial score (nSPS) is 33.0. The molecule has 2 aromatic rings. The van der Waals surface area contributed by atoms with Gasteiger partial charge in [0, 0.05) is 17.8 Å². The highest BCUT2D eigenvalue weighted by molar-refractivity contribution is 9.10. The molecule has 0 radical (unpaired) electrons. The molecule has 4 saturated carbocycles. The summed E-state index contributed by atoms with van der Waals surface area (Å²) >= 11 is 4.93. The lowest BCUT2D eigenvalue weighted by molar-refractivity contribution is -0.00688. The molecule has 0 aliphatic heterocycles. The zero-order chi connectivity index (χ0) is 17.2. The molecule has 7 heteroatoms. The van der Waals surface area contributed by atoms with Gasteiger partial charge in [0.25, 0.3) is 5.91 Å². The first-order valence-electron chi connectivity index (χ1n) is 8.97. The molecule has 0 saturated heterocycles. The van der Waals surface area contributed by atoms with Gasteiger partial charge in [-0.1, -0.05) is 0 Å². The number of halogens is 1. The van der Waals surface area contributed by atoms with Crippen molar-refractivity contribution in [2.45, 2.75) is 43.9 Å². The fourth-order valence-corrected chi connectivity index (χ4v) is 7.18. The van der Waals surface area contributed by atoms with Gasteiger partial charge >= 0.3 is 0 Å². The Morgan fingerprint density at radius 1 is 1.28 bits per heavy atom.